The van der Waals surface area contributed by atoms with Crippen LogP contribution in [0.1, 0.15) is 37.5 Å². The second kappa shape index (κ2) is 9.15. The van der Waals surface area contributed by atoms with Crippen LogP contribution in [0.4, 0.5) is 0 Å². The molecule has 0 amide bonds. The van der Waals surface area contributed by atoms with Crippen LogP contribution in [0.3, 0.4) is 0 Å². The first-order valence-corrected chi connectivity index (χ1v) is 12.2. The van der Waals surface area contributed by atoms with Crippen molar-refractivity contribution in [1.82, 2.24) is 0 Å². The maximum atomic E-state index is 12.5. The van der Waals surface area contributed by atoms with Crippen molar-refractivity contribution >= 4 is 41.0 Å². The van der Waals surface area contributed by atoms with Gasteiger partial charge in [0, 0.05) is 11.8 Å². The number of hydrogen-bond acceptors (Lipinski definition) is 1. The van der Waals surface area contributed by atoms with E-state index in [-0.39, 0.29) is 4.75 Å². The van der Waals surface area contributed by atoms with Crippen LogP contribution in [0.2, 0.25) is 0 Å². The Bertz CT molecular complexity index is 1010. The standard InChI is InChI=1S/C25H28NOPS/c1-19-12-6-9-15-22(19)28(23-16-10-7-13-20(23)2)24-17-11-8-14-21(24)18-26-29(27)25(3,4)5/h6-18H,1-5H3/b26-18+. The van der Waals surface area contributed by atoms with Gasteiger partial charge in [0.05, 0.1) is 4.75 Å². The summed E-state index contributed by atoms with van der Waals surface area (Å²) in [6.07, 6.45) is 1.79. The van der Waals surface area contributed by atoms with Crippen LogP contribution >= 0.6 is 7.92 Å². The van der Waals surface area contributed by atoms with Gasteiger partial charge in [0.1, 0.15) is 11.0 Å². The van der Waals surface area contributed by atoms with Crippen molar-refractivity contribution in [2.24, 2.45) is 4.40 Å². The van der Waals surface area contributed by atoms with Gasteiger partial charge in [0.2, 0.25) is 0 Å². The van der Waals surface area contributed by atoms with E-state index < -0.39 is 18.9 Å². The van der Waals surface area contributed by atoms with E-state index >= 15 is 0 Å². The molecule has 150 valence electrons. The Morgan fingerprint density at radius 2 is 1.21 bits per heavy atom. The summed E-state index contributed by atoms with van der Waals surface area (Å²) in [4.78, 5) is 0. The Kier molecular flexibility index (Phi) is 6.82. The SMILES string of the molecule is Cc1ccccc1P(c1ccccc1C)c1ccccc1/C=N/S(=O)C(C)(C)C. The highest BCUT2D eigenvalue weighted by molar-refractivity contribution is 7.85. The zero-order chi connectivity index (χ0) is 21.0. The van der Waals surface area contributed by atoms with Crippen LogP contribution in [0.5, 0.6) is 0 Å². The van der Waals surface area contributed by atoms with Gasteiger partial charge in [0.15, 0.2) is 0 Å². The van der Waals surface area contributed by atoms with E-state index in [1.165, 1.54) is 27.0 Å². The summed E-state index contributed by atoms with van der Waals surface area (Å²) >= 11 is 0. The third kappa shape index (κ3) is 5.10. The van der Waals surface area contributed by atoms with E-state index in [9.17, 15) is 4.21 Å². The highest BCUT2D eigenvalue weighted by atomic mass is 32.2. The second-order valence-corrected chi connectivity index (χ2v) is 12.1. The molecule has 0 aliphatic heterocycles. The third-order valence-corrected chi connectivity index (χ3v) is 8.90. The molecule has 0 bridgehead atoms. The van der Waals surface area contributed by atoms with Crippen LogP contribution in [0, 0.1) is 13.8 Å². The van der Waals surface area contributed by atoms with E-state index in [2.05, 4.69) is 85.0 Å². The minimum Gasteiger partial charge on any atom is -0.234 e. The zero-order valence-corrected chi connectivity index (χ0v) is 19.4. The van der Waals surface area contributed by atoms with Gasteiger partial charge < -0.3 is 0 Å². The van der Waals surface area contributed by atoms with E-state index in [0.717, 1.165) is 5.56 Å². The number of benzene rings is 3. The van der Waals surface area contributed by atoms with Gasteiger partial charge in [-0.25, -0.2) is 4.21 Å². The van der Waals surface area contributed by atoms with Gasteiger partial charge in [-0.05, 0) is 69.6 Å². The van der Waals surface area contributed by atoms with Crippen molar-refractivity contribution in [3.05, 3.63) is 89.5 Å². The molecule has 0 N–H and O–H groups in total. The van der Waals surface area contributed by atoms with E-state index in [0.29, 0.717) is 0 Å². The van der Waals surface area contributed by atoms with E-state index in [1.807, 2.05) is 26.8 Å². The summed E-state index contributed by atoms with van der Waals surface area (Å²) in [5.41, 5.74) is 3.60. The average Bonchev–Trinajstić information content (AvgIpc) is 2.69. The van der Waals surface area contributed by atoms with Crippen molar-refractivity contribution in [3.63, 3.8) is 0 Å². The fourth-order valence-corrected chi connectivity index (χ4v) is 6.34. The molecule has 0 heterocycles. The summed E-state index contributed by atoms with van der Waals surface area (Å²) < 4.78 is 16.5. The van der Waals surface area contributed by atoms with Gasteiger partial charge in [0.25, 0.3) is 0 Å². The number of nitrogens with zero attached hydrogens (tertiary/aromatic N) is 1. The molecule has 4 heteroatoms. The number of aryl methyl sites for hydroxylation is 2. The monoisotopic (exact) mass is 421 g/mol. The van der Waals surface area contributed by atoms with Gasteiger partial charge in [-0.15, -0.1) is 0 Å². The second-order valence-electron chi connectivity index (χ2n) is 8.06. The Morgan fingerprint density at radius 1 is 0.759 bits per heavy atom. The number of hydrogen-bond donors (Lipinski definition) is 0. The van der Waals surface area contributed by atoms with Gasteiger partial charge >= 0.3 is 0 Å². The van der Waals surface area contributed by atoms with Gasteiger partial charge in [-0.1, -0.05) is 72.8 Å². The largest absolute Gasteiger partial charge is 0.234 e. The molecule has 3 aromatic carbocycles. The molecule has 3 rings (SSSR count). The first-order valence-electron chi connectivity index (χ1n) is 9.75. The average molecular weight is 422 g/mol. The number of rotatable bonds is 5. The molecule has 1 unspecified atom stereocenters. The quantitative estimate of drug-likeness (QED) is 0.424. The van der Waals surface area contributed by atoms with Gasteiger partial charge in [-0.2, -0.15) is 4.40 Å². The van der Waals surface area contributed by atoms with Crippen LogP contribution in [-0.4, -0.2) is 15.2 Å². The minimum atomic E-state index is -1.28. The predicted molar refractivity (Wildman–Crippen MR) is 130 cm³/mol. The molecule has 0 saturated heterocycles. The van der Waals surface area contributed by atoms with Crippen LogP contribution in [0.15, 0.2) is 77.2 Å². The van der Waals surface area contributed by atoms with Gasteiger partial charge in [-0.3, -0.25) is 0 Å². The maximum absolute atomic E-state index is 12.5. The normalized spacial score (nSPS) is 13.2. The highest BCUT2D eigenvalue weighted by Gasteiger charge is 2.22. The summed E-state index contributed by atoms with van der Waals surface area (Å²) in [6.45, 7) is 10.2. The van der Waals surface area contributed by atoms with Crippen molar-refractivity contribution < 1.29 is 4.21 Å². The van der Waals surface area contributed by atoms with Crippen LogP contribution < -0.4 is 15.9 Å². The molecule has 0 aliphatic carbocycles. The Hall–Kier alpha value is -2.09. The fraction of sp³-hybridized carbons (Fsp3) is 0.240. The minimum absolute atomic E-state index is 0.373. The summed E-state index contributed by atoms with van der Waals surface area (Å²) in [6, 6.07) is 25.6. The smallest absolute Gasteiger partial charge is 0.144 e. The molecule has 0 saturated carbocycles. The lowest BCUT2D eigenvalue weighted by Gasteiger charge is -2.24. The van der Waals surface area contributed by atoms with Crippen molar-refractivity contribution in [1.29, 1.82) is 0 Å². The summed E-state index contributed by atoms with van der Waals surface area (Å²) in [7, 11) is -2.04. The van der Waals surface area contributed by atoms with Crippen molar-refractivity contribution in [2.45, 2.75) is 39.4 Å². The first-order chi connectivity index (χ1) is 13.8. The zero-order valence-electron chi connectivity index (χ0n) is 17.7. The van der Waals surface area contributed by atoms with Crippen LogP contribution in [-0.2, 0) is 11.0 Å². The molecule has 1 atom stereocenters. The lowest BCUT2D eigenvalue weighted by molar-refractivity contribution is 0.651. The first kappa shape index (κ1) is 21.6. The fourth-order valence-electron chi connectivity index (χ4n) is 3.08. The molecular weight excluding hydrogens is 393 g/mol. The molecular formula is C25H28NOPS. The lowest BCUT2D eigenvalue weighted by atomic mass is 10.2. The molecule has 0 radical (unpaired) electrons. The topological polar surface area (TPSA) is 29.4 Å². The Morgan fingerprint density at radius 3 is 1.69 bits per heavy atom. The lowest BCUT2D eigenvalue weighted by Crippen LogP contribution is -2.26. The molecule has 0 fully saturated rings. The summed E-state index contributed by atoms with van der Waals surface area (Å²) in [5, 5.41) is 3.92. The third-order valence-electron chi connectivity index (χ3n) is 4.70. The van der Waals surface area contributed by atoms with E-state index in [4.69, 9.17) is 0 Å². The highest BCUT2D eigenvalue weighted by Crippen LogP contribution is 2.36. The van der Waals surface area contributed by atoms with Crippen LogP contribution in [0.25, 0.3) is 0 Å². The molecule has 3 aromatic rings. The maximum Gasteiger partial charge on any atom is 0.144 e. The molecule has 0 aliphatic rings. The molecule has 29 heavy (non-hydrogen) atoms. The Balaban J connectivity index is 2.18. The predicted octanol–water partition coefficient (Wildman–Crippen LogP) is 4.94. The van der Waals surface area contributed by atoms with Crippen molar-refractivity contribution in [3.8, 4) is 0 Å². The van der Waals surface area contributed by atoms with Crippen molar-refractivity contribution in [2.75, 3.05) is 0 Å². The molecule has 0 spiro atoms. The van der Waals surface area contributed by atoms with E-state index in [1.54, 1.807) is 6.21 Å². The molecule has 2 nitrogen and oxygen atoms in total. The summed E-state index contributed by atoms with van der Waals surface area (Å²) in [5.74, 6) is 0. The molecule has 0 aromatic heterocycles. The Labute approximate surface area is 178 Å².